The molecule has 0 aliphatic carbocycles. The average Bonchev–Trinajstić information content (AvgIpc) is 3.22. The highest BCUT2D eigenvalue weighted by Crippen LogP contribution is 2.27. The largest absolute Gasteiger partial charge is 0.354 e. The molecule has 0 unspecified atom stereocenters. The van der Waals surface area contributed by atoms with E-state index in [2.05, 4.69) is 60.6 Å². The number of hydrogen-bond donors (Lipinski definition) is 2. The number of rotatable bonds is 4. The average molecular weight is 431 g/mol. The third-order valence-electron chi connectivity index (χ3n) is 5.95. The molecule has 0 bridgehead atoms. The van der Waals surface area contributed by atoms with Gasteiger partial charge in [0, 0.05) is 30.7 Å². The lowest BCUT2D eigenvalue weighted by molar-refractivity contribution is -0.124. The van der Waals surface area contributed by atoms with Crippen LogP contribution in [0, 0.1) is 5.92 Å². The lowest BCUT2D eigenvalue weighted by Crippen LogP contribution is -2.37. The fourth-order valence-corrected chi connectivity index (χ4v) is 4.08. The molecule has 2 amide bonds. The fraction of sp³-hybridized carbons (Fsp3) is 0.346. The monoisotopic (exact) mass is 430 g/mol. The van der Waals surface area contributed by atoms with Crippen molar-refractivity contribution in [2.75, 3.05) is 19.6 Å². The van der Waals surface area contributed by atoms with E-state index < -0.39 is 0 Å². The van der Waals surface area contributed by atoms with Crippen LogP contribution in [0.25, 0.3) is 11.1 Å². The summed E-state index contributed by atoms with van der Waals surface area (Å²) in [5.41, 5.74) is 4.53. The predicted molar refractivity (Wildman–Crippen MR) is 125 cm³/mol. The van der Waals surface area contributed by atoms with Gasteiger partial charge in [0.1, 0.15) is 5.69 Å². The number of aromatic amines is 1. The maximum absolute atomic E-state index is 13.2. The van der Waals surface area contributed by atoms with Crippen LogP contribution in [-0.2, 0) is 16.6 Å². The number of aromatic nitrogens is 2. The molecule has 2 aromatic carbocycles. The predicted octanol–water partition coefficient (Wildman–Crippen LogP) is 3.81. The van der Waals surface area contributed by atoms with Gasteiger partial charge in [-0.05, 0) is 29.2 Å². The molecule has 0 saturated carbocycles. The topological polar surface area (TPSA) is 78.1 Å². The van der Waals surface area contributed by atoms with Gasteiger partial charge in [0.25, 0.3) is 5.91 Å². The van der Waals surface area contributed by atoms with Crippen molar-refractivity contribution >= 4 is 11.8 Å². The Balaban J connectivity index is 1.56. The molecular formula is C26H30N4O2. The minimum atomic E-state index is -0.327. The molecular weight excluding hydrogens is 400 g/mol. The van der Waals surface area contributed by atoms with E-state index in [9.17, 15) is 9.59 Å². The third-order valence-corrected chi connectivity index (χ3v) is 5.95. The highest BCUT2D eigenvalue weighted by Gasteiger charge is 2.30. The van der Waals surface area contributed by atoms with Crippen molar-refractivity contribution in [3.05, 3.63) is 77.6 Å². The number of nitrogens with one attached hydrogen (secondary N) is 2. The van der Waals surface area contributed by atoms with E-state index >= 15 is 0 Å². The van der Waals surface area contributed by atoms with E-state index in [1.807, 2.05) is 36.4 Å². The van der Waals surface area contributed by atoms with Crippen LogP contribution >= 0.6 is 0 Å². The van der Waals surface area contributed by atoms with Crippen molar-refractivity contribution in [1.29, 1.82) is 0 Å². The van der Waals surface area contributed by atoms with Gasteiger partial charge in [-0.15, -0.1) is 0 Å². The highest BCUT2D eigenvalue weighted by atomic mass is 16.2. The second-order valence-corrected chi connectivity index (χ2v) is 9.38. The number of H-pyrrole nitrogens is 1. The lowest BCUT2D eigenvalue weighted by Gasteiger charge is -2.23. The van der Waals surface area contributed by atoms with Gasteiger partial charge in [0.05, 0.1) is 5.92 Å². The third kappa shape index (κ3) is 4.74. The Morgan fingerprint density at radius 1 is 1.09 bits per heavy atom. The lowest BCUT2D eigenvalue weighted by atomic mass is 9.91. The fourth-order valence-electron chi connectivity index (χ4n) is 4.08. The molecule has 1 aromatic heterocycles. The van der Waals surface area contributed by atoms with Crippen molar-refractivity contribution in [2.45, 2.75) is 32.6 Å². The smallest absolute Gasteiger partial charge is 0.274 e. The Morgan fingerprint density at radius 3 is 2.53 bits per heavy atom. The molecule has 2 N–H and O–H groups in total. The number of nitrogens with zero attached hydrogens (tertiary/aromatic N) is 2. The van der Waals surface area contributed by atoms with Gasteiger partial charge in [0.15, 0.2) is 0 Å². The Bertz CT molecular complexity index is 1100. The number of carbonyl (C=O) groups excluding carboxylic acids is 2. The number of carbonyl (C=O) groups is 2. The summed E-state index contributed by atoms with van der Waals surface area (Å²) < 4.78 is 0. The number of amides is 2. The molecule has 32 heavy (non-hydrogen) atoms. The van der Waals surface area contributed by atoms with Crippen LogP contribution in [0.2, 0.25) is 0 Å². The molecule has 1 saturated heterocycles. The molecule has 2 heterocycles. The molecule has 0 radical (unpaired) electrons. The summed E-state index contributed by atoms with van der Waals surface area (Å²) in [6.07, 6.45) is 0.564. The second kappa shape index (κ2) is 8.99. The SMILES string of the molecule is CC(C)(C)c1cc(C(=O)N2CCNC(=O)[C@@H](Cc3ccccc3-c3ccccc3)C2)n[nH]1. The van der Waals surface area contributed by atoms with Gasteiger partial charge in [-0.2, -0.15) is 5.10 Å². The molecule has 1 atom stereocenters. The van der Waals surface area contributed by atoms with Crippen LogP contribution in [0.15, 0.2) is 60.7 Å². The zero-order chi connectivity index (χ0) is 22.7. The maximum Gasteiger partial charge on any atom is 0.274 e. The van der Waals surface area contributed by atoms with Gasteiger partial charge >= 0.3 is 0 Å². The first-order valence-electron chi connectivity index (χ1n) is 11.1. The van der Waals surface area contributed by atoms with Crippen LogP contribution in [0.4, 0.5) is 0 Å². The van der Waals surface area contributed by atoms with Crippen LogP contribution in [0.3, 0.4) is 0 Å². The summed E-state index contributed by atoms with van der Waals surface area (Å²) in [6.45, 7) is 7.50. The molecule has 6 nitrogen and oxygen atoms in total. The number of hydrogen-bond acceptors (Lipinski definition) is 3. The molecule has 1 fully saturated rings. The Hall–Kier alpha value is -3.41. The van der Waals surface area contributed by atoms with E-state index in [0.717, 1.165) is 22.4 Å². The van der Waals surface area contributed by atoms with Gasteiger partial charge in [-0.1, -0.05) is 75.4 Å². The van der Waals surface area contributed by atoms with E-state index in [4.69, 9.17) is 0 Å². The Labute approximate surface area is 189 Å². The van der Waals surface area contributed by atoms with E-state index in [-0.39, 0.29) is 23.1 Å². The summed E-state index contributed by atoms with van der Waals surface area (Å²) in [5.74, 6) is -0.484. The normalized spacial score (nSPS) is 17.0. The van der Waals surface area contributed by atoms with Crippen LogP contribution < -0.4 is 5.32 Å². The molecule has 6 heteroatoms. The van der Waals surface area contributed by atoms with Crippen molar-refractivity contribution in [1.82, 2.24) is 20.4 Å². The number of benzene rings is 2. The Morgan fingerprint density at radius 2 is 1.81 bits per heavy atom. The second-order valence-electron chi connectivity index (χ2n) is 9.38. The van der Waals surface area contributed by atoms with Crippen molar-refractivity contribution in [2.24, 2.45) is 5.92 Å². The van der Waals surface area contributed by atoms with Gasteiger partial charge in [0.2, 0.25) is 5.91 Å². The molecule has 1 aliphatic heterocycles. The van der Waals surface area contributed by atoms with Crippen LogP contribution in [0.1, 0.15) is 42.5 Å². The highest BCUT2D eigenvalue weighted by molar-refractivity contribution is 5.93. The summed E-state index contributed by atoms with van der Waals surface area (Å²) in [5, 5.41) is 10.2. The first-order valence-corrected chi connectivity index (χ1v) is 11.1. The van der Waals surface area contributed by atoms with Crippen molar-refractivity contribution in [3.63, 3.8) is 0 Å². The molecule has 0 spiro atoms. The zero-order valence-corrected chi connectivity index (χ0v) is 18.9. The Kier molecular flexibility index (Phi) is 6.12. The quantitative estimate of drug-likeness (QED) is 0.661. The summed E-state index contributed by atoms with van der Waals surface area (Å²) in [6, 6.07) is 20.2. The van der Waals surface area contributed by atoms with Crippen LogP contribution in [0.5, 0.6) is 0 Å². The molecule has 1 aliphatic rings. The van der Waals surface area contributed by atoms with Crippen molar-refractivity contribution in [3.8, 4) is 11.1 Å². The van der Waals surface area contributed by atoms with Gasteiger partial charge in [-0.3, -0.25) is 14.7 Å². The minimum Gasteiger partial charge on any atom is -0.354 e. The van der Waals surface area contributed by atoms with Crippen molar-refractivity contribution < 1.29 is 9.59 Å². The van der Waals surface area contributed by atoms with Gasteiger partial charge < -0.3 is 10.2 Å². The summed E-state index contributed by atoms with van der Waals surface area (Å²) in [4.78, 5) is 27.8. The van der Waals surface area contributed by atoms with Crippen LogP contribution in [-0.4, -0.2) is 46.5 Å². The molecule has 4 rings (SSSR count). The van der Waals surface area contributed by atoms with Gasteiger partial charge in [-0.25, -0.2) is 0 Å². The first-order chi connectivity index (χ1) is 15.3. The van der Waals surface area contributed by atoms with E-state index in [1.165, 1.54) is 0 Å². The first kappa shape index (κ1) is 21.8. The molecule has 166 valence electrons. The molecule has 3 aromatic rings. The maximum atomic E-state index is 13.2. The minimum absolute atomic E-state index is 0.0134. The van der Waals surface area contributed by atoms with E-state index in [0.29, 0.717) is 31.7 Å². The standard InChI is InChI=1S/C26H30N4O2/c1-26(2,3)23-16-22(28-29-23)25(32)30-14-13-27-24(31)20(17-30)15-19-11-7-8-12-21(19)18-9-5-4-6-10-18/h4-12,16,20H,13-15,17H2,1-3H3,(H,27,31)(H,28,29)/t20-/m0/s1. The summed E-state index contributed by atoms with van der Waals surface area (Å²) in [7, 11) is 0. The summed E-state index contributed by atoms with van der Waals surface area (Å²) >= 11 is 0. The van der Waals surface area contributed by atoms with E-state index in [1.54, 1.807) is 4.90 Å². The zero-order valence-electron chi connectivity index (χ0n) is 18.9.